The van der Waals surface area contributed by atoms with E-state index in [9.17, 15) is 4.79 Å². The highest BCUT2D eigenvalue weighted by Gasteiger charge is 2.27. The van der Waals surface area contributed by atoms with E-state index in [0.717, 1.165) is 42.2 Å². The number of carbonyl (C=O) groups excluding carboxylic acids is 1. The summed E-state index contributed by atoms with van der Waals surface area (Å²) in [5.74, 6) is 1.57. The molecule has 0 saturated heterocycles. The van der Waals surface area contributed by atoms with Crippen molar-refractivity contribution >= 4 is 5.91 Å². The van der Waals surface area contributed by atoms with Crippen LogP contribution in [0.5, 0.6) is 0 Å². The molecule has 0 saturated carbocycles. The normalized spacial score (nSPS) is 17.5. The lowest BCUT2D eigenvalue weighted by molar-refractivity contribution is -0.125. The van der Waals surface area contributed by atoms with Crippen LogP contribution in [0.25, 0.3) is 0 Å². The molecule has 0 aliphatic heterocycles. The van der Waals surface area contributed by atoms with Gasteiger partial charge in [-0.05, 0) is 18.9 Å². The van der Waals surface area contributed by atoms with Crippen molar-refractivity contribution in [3.63, 3.8) is 0 Å². The Balaban J connectivity index is 1.61. The van der Waals surface area contributed by atoms with E-state index in [2.05, 4.69) is 34.2 Å². The van der Waals surface area contributed by atoms with Crippen LogP contribution in [0.4, 0.5) is 0 Å². The molecule has 0 aromatic carbocycles. The van der Waals surface area contributed by atoms with E-state index >= 15 is 0 Å². The molecule has 0 spiro atoms. The van der Waals surface area contributed by atoms with Crippen molar-refractivity contribution in [2.24, 2.45) is 13.0 Å². The third-order valence-electron chi connectivity index (χ3n) is 4.35. The number of hydrogen-bond donors (Lipinski definition) is 2. The van der Waals surface area contributed by atoms with Gasteiger partial charge < -0.3 is 10.3 Å². The molecular weight excluding hydrogens is 278 g/mol. The zero-order valence-corrected chi connectivity index (χ0v) is 13.4. The number of nitrogens with one attached hydrogen (secondary N) is 2. The minimum absolute atomic E-state index is 0.0289. The Morgan fingerprint density at radius 1 is 1.55 bits per heavy atom. The molecule has 2 aromatic rings. The van der Waals surface area contributed by atoms with E-state index in [1.165, 1.54) is 0 Å². The molecule has 2 heterocycles. The maximum absolute atomic E-state index is 12.4. The molecule has 0 fully saturated rings. The summed E-state index contributed by atoms with van der Waals surface area (Å²) < 4.78 is 1.78. The fourth-order valence-electron chi connectivity index (χ4n) is 2.90. The van der Waals surface area contributed by atoms with Gasteiger partial charge >= 0.3 is 0 Å². The zero-order chi connectivity index (χ0) is 15.7. The summed E-state index contributed by atoms with van der Waals surface area (Å²) in [6, 6.07) is 1.92. The minimum Gasteiger partial charge on any atom is -0.350 e. The third kappa shape index (κ3) is 2.91. The highest BCUT2D eigenvalue weighted by Crippen LogP contribution is 2.26. The van der Waals surface area contributed by atoms with E-state index in [0.29, 0.717) is 12.5 Å². The van der Waals surface area contributed by atoms with Crippen LogP contribution < -0.4 is 5.32 Å². The van der Waals surface area contributed by atoms with Crippen LogP contribution in [0.3, 0.4) is 0 Å². The van der Waals surface area contributed by atoms with Gasteiger partial charge in [-0.15, -0.1) is 0 Å². The number of H-pyrrole nitrogens is 1. The standard InChI is InChI=1S/C16H23N5O/c1-10(2)15-19-13-5-4-11(8-14(13)20-15)16(22)17-9-12-6-7-18-21(12)3/h6-7,10-11H,4-5,8-9H2,1-3H3,(H,17,22)(H,19,20)/t11-/m1/s1. The van der Waals surface area contributed by atoms with Crippen molar-refractivity contribution in [3.8, 4) is 0 Å². The number of carbonyl (C=O) groups is 1. The predicted octanol–water partition coefficient (Wildman–Crippen LogP) is 1.69. The number of nitrogens with zero attached hydrogens (tertiary/aromatic N) is 3. The second kappa shape index (κ2) is 5.94. The zero-order valence-electron chi connectivity index (χ0n) is 13.4. The maximum Gasteiger partial charge on any atom is 0.223 e. The molecule has 6 heteroatoms. The van der Waals surface area contributed by atoms with E-state index in [4.69, 9.17) is 0 Å². The Morgan fingerprint density at radius 3 is 3.05 bits per heavy atom. The minimum atomic E-state index is 0.0289. The van der Waals surface area contributed by atoms with Gasteiger partial charge in [-0.1, -0.05) is 13.8 Å². The number of imidazole rings is 1. The van der Waals surface area contributed by atoms with Crippen LogP contribution in [0.2, 0.25) is 0 Å². The van der Waals surface area contributed by atoms with Crippen LogP contribution >= 0.6 is 0 Å². The molecule has 2 N–H and O–H groups in total. The monoisotopic (exact) mass is 301 g/mol. The van der Waals surface area contributed by atoms with Crippen LogP contribution in [-0.4, -0.2) is 25.7 Å². The van der Waals surface area contributed by atoms with E-state index in [1.807, 2.05) is 13.1 Å². The van der Waals surface area contributed by atoms with Crippen molar-refractivity contribution in [3.05, 3.63) is 35.2 Å². The quantitative estimate of drug-likeness (QED) is 0.902. The summed E-state index contributed by atoms with van der Waals surface area (Å²) in [4.78, 5) is 20.4. The highest BCUT2D eigenvalue weighted by molar-refractivity contribution is 5.79. The lowest BCUT2D eigenvalue weighted by atomic mass is 9.89. The number of rotatable bonds is 4. The van der Waals surface area contributed by atoms with E-state index < -0.39 is 0 Å². The number of amides is 1. The molecule has 6 nitrogen and oxygen atoms in total. The first-order chi connectivity index (χ1) is 10.5. The Bertz CT molecular complexity index is 670. The van der Waals surface area contributed by atoms with Gasteiger partial charge in [-0.3, -0.25) is 9.48 Å². The van der Waals surface area contributed by atoms with Crippen LogP contribution in [0.1, 0.15) is 49.1 Å². The fraction of sp³-hybridized carbons (Fsp3) is 0.562. The first-order valence-corrected chi connectivity index (χ1v) is 7.87. The molecule has 22 heavy (non-hydrogen) atoms. The largest absolute Gasteiger partial charge is 0.350 e. The number of aromatic nitrogens is 4. The van der Waals surface area contributed by atoms with Crippen LogP contribution in [0, 0.1) is 5.92 Å². The van der Waals surface area contributed by atoms with Crippen molar-refractivity contribution in [2.45, 2.75) is 45.6 Å². The summed E-state index contributed by atoms with van der Waals surface area (Å²) in [5.41, 5.74) is 3.28. The molecule has 1 aliphatic carbocycles. The topological polar surface area (TPSA) is 75.6 Å². The average Bonchev–Trinajstić information content (AvgIpc) is 3.09. The Hall–Kier alpha value is -2.11. The van der Waals surface area contributed by atoms with Gasteiger partial charge in [0.15, 0.2) is 0 Å². The smallest absolute Gasteiger partial charge is 0.223 e. The molecule has 118 valence electrons. The number of aromatic amines is 1. The number of fused-ring (bicyclic) bond motifs is 1. The van der Waals surface area contributed by atoms with Gasteiger partial charge in [0.1, 0.15) is 5.82 Å². The number of hydrogen-bond acceptors (Lipinski definition) is 3. The van der Waals surface area contributed by atoms with Gasteiger partial charge in [0.05, 0.1) is 17.9 Å². The molecule has 3 rings (SSSR count). The van der Waals surface area contributed by atoms with Gasteiger partial charge in [-0.25, -0.2) is 4.98 Å². The second-order valence-corrected chi connectivity index (χ2v) is 6.31. The molecule has 1 aliphatic rings. The van der Waals surface area contributed by atoms with Gasteiger partial charge in [0.2, 0.25) is 5.91 Å². The van der Waals surface area contributed by atoms with Crippen molar-refractivity contribution < 1.29 is 4.79 Å². The Labute approximate surface area is 130 Å². The van der Waals surface area contributed by atoms with Gasteiger partial charge in [-0.2, -0.15) is 5.10 Å². The SMILES string of the molecule is CC(C)c1nc2c([nH]1)C[C@H](C(=O)NCc1ccnn1C)CC2. The Morgan fingerprint density at radius 2 is 2.36 bits per heavy atom. The summed E-state index contributed by atoms with van der Waals surface area (Å²) in [6.45, 7) is 4.78. The average molecular weight is 301 g/mol. The molecule has 0 radical (unpaired) electrons. The summed E-state index contributed by atoms with van der Waals surface area (Å²) >= 11 is 0. The molecule has 1 atom stereocenters. The Kier molecular flexibility index (Phi) is 4.00. The molecular formula is C16H23N5O. The lowest BCUT2D eigenvalue weighted by Crippen LogP contribution is -2.34. The van der Waals surface area contributed by atoms with E-state index in [1.54, 1.807) is 10.9 Å². The molecule has 0 bridgehead atoms. The summed E-state index contributed by atoms with van der Waals surface area (Å²) in [5, 5.41) is 7.13. The van der Waals surface area contributed by atoms with Crippen molar-refractivity contribution in [1.29, 1.82) is 0 Å². The van der Waals surface area contributed by atoms with Crippen molar-refractivity contribution in [2.75, 3.05) is 0 Å². The van der Waals surface area contributed by atoms with Gasteiger partial charge in [0, 0.05) is 37.2 Å². The van der Waals surface area contributed by atoms with Crippen LogP contribution in [-0.2, 0) is 31.2 Å². The van der Waals surface area contributed by atoms with E-state index in [-0.39, 0.29) is 11.8 Å². The molecule has 0 unspecified atom stereocenters. The summed E-state index contributed by atoms with van der Waals surface area (Å²) in [6.07, 6.45) is 4.24. The third-order valence-corrected chi connectivity index (χ3v) is 4.35. The first-order valence-electron chi connectivity index (χ1n) is 7.87. The van der Waals surface area contributed by atoms with Gasteiger partial charge in [0.25, 0.3) is 0 Å². The predicted molar refractivity (Wildman–Crippen MR) is 83.2 cm³/mol. The molecule has 1 amide bonds. The number of aryl methyl sites for hydroxylation is 2. The maximum atomic E-state index is 12.4. The first kappa shape index (κ1) is 14.8. The summed E-state index contributed by atoms with van der Waals surface area (Å²) in [7, 11) is 1.88. The van der Waals surface area contributed by atoms with Crippen molar-refractivity contribution in [1.82, 2.24) is 25.1 Å². The fourth-order valence-corrected chi connectivity index (χ4v) is 2.90. The van der Waals surface area contributed by atoms with Crippen LogP contribution in [0.15, 0.2) is 12.3 Å². The second-order valence-electron chi connectivity index (χ2n) is 6.31. The molecule has 2 aromatic heterocycles. The lowest BCUT2D eigenvalue weighted by Gasteiger charge is -2.20. The highest BCUT2D eigenvalue weighted by atomic mass is 16.1.